The molecule has 0 amide bonds. The van der Waals surface area contributed by atoms with Gasteiger partial charge in [-0.2, -0.15) is 0 Å². The lowest BCUT2D eigenvalue weighted by Crippen LogP contribution is -2.29. The van der Waals surface area contributed by atoms with Crippen molar-refractivity contribution in [3.8, 4) is 5.75 Å². The Bertz CT molecular complexity index is 583. The summed E-state index contributed by atoms with van der Waals surface area (Å²) in [6.07, 6.45) is 2.68. The van der Waals surface area contributed by atoms with Gasteiger partial charge < -0.3 is 9.47 Å². The number of nitrogens with zero attached hydrogens (tertiary/aromatic N) is 1. The Morgan fingerprint density at radius 2 is 2.15 bits per heavy atom. The standard InChI is InChI=1S/C16H19NO3/c1-3-6-15(16(18)19-4-2)20-13-9-8-12-7-5-10-17-14(12)11-13/h5,7-11,15H,3-4,6H2,1-2H3. The molecule has 0 spiro atoms. The molecule has 0 aliphatic heterocycles. The molecular formula is C16H19NO3. The number of rotatable bonds is 6. The normalized spacial score (nSPS) is 12.1. The van der Waals surface area contributed by atoms with Crippen LogP contribution in [0.15, 0.2) is 36.5 Å². The molecule has 20 heavy (non-hydrogen) atoms. The Balaban J connectivity index is 2.17. The topological polar surface area (TPSA) is 48.4 Å². The van der Waals surface area contributed by atoms with Gasteiger partial charge in [-0.3, -0.25) is 4.98 Å². The molecule has 0 radical (unpaired) electrons. The highest BCUT2D eigenvalue weighted by Gasteiger charge is 2.20. The maximum Gasteiger partial charge on any atom is 0.347 e. The second-order valence-electron chi connectivity index (χ2n) is 4.51. The molecule has 1 heterocycles. The minimum Gasteiger partial charge on any atom is -0.479 e. The van der Waals surface area contributed by atoms with Crippen molar-refractivity contribution in [3.05, 3.63) is 36.5 Å². The SMILES string of the molecule is CCCC(Oc1ccc2cccnc2c1)C(=O)OCC. The quantitative estimate of drug-likeness (QED) is 0.757. The minimum absolute atomic E-state index is 0.310. The van der Waals surface area contributed by atoms with Crippen molar-refractivity contribution in [2.45, 2.75) is 32.8 Å². The lowest BCUT2D eigenvalue weighted by Gasteiger charge is -2.17. The van der Waals surface area contributed by atoms with Crippen molar-refractivity contribution < 1.29 is 14.3 Å². The smallest absolute Gasteiger partial charge is 0.347 e. The Labute approximate surface area is 118 Å². The summed E-state index contributed by atoms with van der Waals surface area (Å²) in [4.78, 5) is 16.1. The third-order valence-electron chi connectivity index (χ3n) is 2.96. The molecule has 0 saturated carbocycles. The van der Waals surface area contributed by atoms with E-state index in [1.165, 1.54) is 0 Å². The highest BCUT2D eigenvalue weighted by atomic mass is 16.6. The van der Waals surface area contributed by atoms with E-state index >= 15 is 0 Å². The molecular weight excluding hydrogens is 254 g/mol. The molecule has 1 unspecified atom stereocenters. The van der Waals surface area contributed by atoms with Crippen molar-refractivity contribution in [1.82, 2.24) is 4.98 Å². The van der Waals surface area contributed by atoms with E-state index in [1.807, 2.05) is 37.3 Å². The van der Waals surface area contributed by atoms with Crippen LogP contribution in [0.2, 0.25) is 0 Å². The predicted molar refractivity (Wildman–Crippen MR) is 77.7 cm³/mol. The molecule has 0 aliphatic rings. The van der Waals surface area contributed by atoms with E-state index in [2.05, 4.69) is 4.98 Å². The van der Waals surface area contributed by atoms with Crippen LogP contribution in [0.4, 0.5) is 0 Å². The third kappa shape index (κ3) is 3.47. The average molecular weight is 273 g/mol. The van der Waals surface area contributed by atoms with Crippen LogP contribution in [0.25, 0.3) is 10.9 Å². The van der Waals surface area contributed by atoms with Crippen LogP contribution < -0.4 is 4.74 Å². The third-order valence-corrected chi connectivity index (χ3v) is 2.96. The highest BCUT2D eigenvalue weighted by molar-refractivity contribution is 5.80. The second-order valence-corrected chi connectivity index (χ2v) is 4.51. The Hall–Kier alpha value is -2.10. The summed E-state index contributed by atoms with van der Waals surface area (Å²) in [5.41, 5.74) is 0.851. The molecule has 2 aromatic rings. The molecule has 0 N–H and O–H groups in total. The predicted octanol–water partition coefficient (Wildman–Crippen LogP) is 3.35. The second kappa shape index (κ2) is 6.89. The number of pyridine rings is 1. The Kier molecular flexibility index (Phi) is 4.93. The van der Waals surface area contributed by atoms with Crippen LogP contribution in [-0.2, 0) is 9.53 Å². The first-order chi connectivity index (χ1) is 9.74. The number of fused-ring (bicyclic) bond motifs is 1. The molecule has 4 heteroatoms. The van der Waals surface area contributed by atoms with Crippen molar-refractivity contribution in [2.24, 2.45) is 0 Å². The number of ether oxygens (including phenoxy) is 2. The van der Waals surface area contributed by atoms with Crippen LogP contribution in [0.5, 0.6) is 5.75 Å². The fraction of sp³-hybridized carbons (Fsp3) is 0.375. The number of esters is 1. The average Bonchev–Trinajstić information content (AvgIpc) is 2.47. The first-order valence-corrected chi connectivity index (χ1v) is 6.92. The number of aromatic nitrogens is 1. The molecule has 4 nitrogen and oxygen atoms in total. The number of carbonyl (C=O) groups is 1. The summed E-state index contributed by atoms with van der Waals surface area (Å²) < 4.78 is 10.8. The number of hydrogen-bond donors (Lipinski definition) is 0. The van der Waals surface area contributed by atoms with Crippen molar-refractivity contribution >= 4 is 16.9 Å². The minimum atomic E-state index is -0.555. The maximum absolute atomic E-state index is 11.8. The van der Waals surface area contributed by atoms with Gasteiger partial charge in [0, 0.05) is 17.6 Å². The van der Waals surface area contributed by atoms with E-state index in [0.717, 1.165) is 17.3 Å². The van der Waals surface area contributed by atoms with Gasteiger partial charge in [0.2, 0.25) is 0 Å². The van der Waals surface area contributed by atoms with Crippen molar-refractivity contribution in [3.63, 3.8) is 0 Å². The molecule has 0 saturated heterocycles. The van der Waals surface area contributed by atoms with E-state index in [4.69, 9.17) is 9.47 Å². The number of benzene rings is 1. The molecule has 2 rings (SSSR count). The Morgan fingerprint density at radius 3 is 2.90 bits per heavy atom. The van der Waals surface area contributed by atoms with Gasteiger partial charge in [0.1, 0.15) is 5.75 Å². The summed E-state index contributed by atoms with van der Waals surface area (Å²) in [6, 6.07) is 9.51. The highest BCUT2D eigenvalue weighted by Crippen LogP contribution is 2.21. The summed E-state index contributed by atoms with van der Waals surface area (Å²) >= 11 is 0. The number of carbonyl (C=O) groups excluding carboxylic acids is 1. The van der Waals surface area contributed by atoms with E-state index in [0.29, 0.717) is 18.8 Å². The molecule has 106 valence electrons. The van der Waals surface area contributed by atoms with Crippen LogP contribution in [0, 0.1) is 0 Å². The zero-order valence-electron chi connectivity index (χ0n) is 11.8. The van der Waals surface area contributed by atoms with Crippen LogP contribution in [0.1, 0.15) is 26.7 Å². The fourth-order valence-corrected chi connectivity index (χ4v) is 2.01. The van der Waals surface area contributed by atoms with Crippen LogP contribution >= 0.6 is 0 Å². The Morgan fingerprint density at radius 1 is 1.30 bits per heavy atom. The van der Waals surface area contributed by atoms with E-state index in [1.54, 1.807) is 13.1 Å². The van der Waals surface area contributed by atoms with Gasteiger partial charge in [0.15, 0.2) is 6.10 Å². The monoisotopic (exact) mass is 273 g/mol. The van der Waals surface area contributed by atoms with E-state index in [9.17, 15) is 4.79 Å². The zero-order valence-corrected chi connectivity index (χ0v) is 11.8. The van der Waals surface area contributed by atoms with Gasteiger partial charge in [0.05, 0.1) is 12.1 Å². The van der Waals surface area contributed by atoms with Gasteiger partial charge in [0.25, 0.3) is 0 Å². The largest absolute Gasteiger partial charge is 0.479 e. The van der Waals surface area contributed by atoms with Crippen LogP contribution in [0.3, 0.4) is 0 Å². The lowest BCUT2D eigenvalue weighted by molar-refractivity contribution is -0.151. The van der Waals surface area contributed by atoms with E-state index in [-0.39, 0.29) is 5.97 Å². The van der Waals surface area contributed by atoms with E-state index < -0.39 is 6.10 Å². The van der Waals surface area contributed by atoms with Gasteiger partial charge in [-0.25, -0.2) is 4.79 Å². The van der Waals surface area contributed by atoms with Gasteiger partial charge in [-0.05, 0) is 31.5 Å². The van der Waals surface area contributed by atoms with Gasteiger partial charge in [-0.15, -0.1) is 0 Å². The zero-order chi connectivity index (χ0) is 14.4. The fourth-order valence-electron chi connectivity index (χ4n) is 2.01. The summed E-state index contributed by atoms with van der Waals surface area (Å²) in [5.74, 6) is 0.332. The molecule has 1 aromatic heterocycles. The van der Waals surface area contributed by atoms with Crippen LogP contribution in [-0.4, -0.2) is 23.7 Å². The van der Waals surface area contributed by atoms with Gasteiger partial charge >= 0.3 is 5.97 Å². The lowest BCUT2D eigenvalue weighted by atomic mass is 10.2. The summed E-state index contributed by atoms with van der Waals surface area (Å²) in [5, 5.41) is 1.04. The first-order valence-electron chi connectivity index (χ1n) is 6.92. The van der Waals surface area contributed by atoms with Gasteiger partial charge in [-0.1, -0.05) is 19.4 Å². The molecule has 1 aromatic carbocycles. The van der Waals surface area contributed by atoms with Crippen molar-refractivity contribution in [1.29, 1.82) is 0 Å². The van der Waals surface area contributed by atoms with Crippen molar-refractivity contribution in [2.75, 3.05) is 6.61 Å². The molecule has 0 aliphatic carbocycles. The molecule has 0 bridgehead atoms. The maximum atomic E-state index is 11.8. The summed E-state index contributed by atoms with van der Waals surface area (Å²) in [6.45, 7) is 4.17. The molecule has 0 fully saturated rings. The first kappa shape index (κ1) is 14.3. The number of hydrogen-bond acceptors (Lipinski definition) is 4. The molecule has 1 atom stereocenters. The summed E-state index contributed by atoms with van der Waals surface area (Å²) in [7, 11) is 0.